The van der Waals surface area contributed by atoms with Crippen molar-refractivity contribution in [2.45, 2.75) is 276 Å². The standard InChI is InChI=1S/C49H95NO3/c1-3-5-7-9-11-13-15-17-18-19-20-21-22-23-24-25-26-27-28-29-30-31-32-33-35-37-39-41-43-45-49(53)50-47(46-51)48(52)44-42-40-38-36-34-16-14-12-10-8-6-4-2/h15,17,19-20,47-48,51-52H,3-14,16,18,21-46H2,1-2H3,(H,50,53)/b17-15-,20-19-. The summed E-state index contributed by atoms with van der Waals surface area (Å²) in [6, 6.07) is -0.532. The quantitative estimate of drug-likeness (QED) is 0.0430. The normalized spacial score (nSPS) is 13.1. The van der Waals surface area contributed by atoms with Crippen molar-refractivity contribution in [3.05, 3.63) is 24.3 Å². The van der Waals surface area contributed by atoms with Gasteiger partial charge >= 0.3 is 0 Å². The van der Waals surface area contributed by atoms with E-state index in [0.29, 0.717) is 12.8 Å². The summed E-state index contributed by atoms with van der Waals surface area (Å²) in [6.07, 6.45) is 58.5. The van der Waals surface area contributed by atoms with Gasteiger partial charge in [0.15, 0.2) is 0 Å². The number of aliphatic hydroxyl groups excluding tert-OH is 2. The van der Waals surface area contributed by atoms with Gasteiger partial charge in [-0.1, -0.05) is 237 Å². The summed E-state index contributed by atoms with van der Waals surface area (Å²) in [6.45, 7) is 4.35. The molecule has 3 N–H and O–H groups in total. The molecule has 4 heteroatoms. The van der Waals surface area contributed by atoms with Crippen molar-refractivity contribution in [1.29, 1.82) is 0 Å². The van der Waals surface area contributed by atoms with Crippen molar-refractivity contribution in [2.75, 3.05) is 6.61 Å². The van der Waals surface area contributed by atoms with Crippen LogP contribution in [0.2, 0.25) is 0 Å². The number of aliphatic hydroxyl groups is 2. The summed E-state index contributed by atoms with van der Waals surface area (Å²) >= 11 is 0. The zero-order chi connectivity index (χ0) is 38.6. The van der Waals surface area contributed by atoms with Gasteiger partial charge in [0.05, 0.1) is 18.8 Å². The molecule has 0 bridgehead atoms. The fraction of sp³-hybridized carbons (Fsp3) is 0.898. The van der Waals surface area contributed by atoms with Gasteiger partial charge in [-0.2, -0.15) is 0 Å². The first-order valence-corrected chi connectivity index (χ1v) is 24.0. The summed E-state index contributed by atoms with van der Waals surface area (Å²) in [4.78, 5) is 12.4. The highest BCUT2D eigenvalue weighted by atomic mass is 16.3. The highest BCUT2D eigenvalue weighted by Gasteiger charge is 2.20. The van der Waals surface area contributed by atoms with E-state index in [1.54, 1.807) is 0 Å². The van der Waals surface area contributed by atoms with Crippen LogP contribution in [0.3, 0.4) is 0 Å². The molecule has 4 nitrogen and oxygen atoms in total. The largest absolute Gasteiger partial charge is 0.394 e. The van der Waals surface area contributed by atoms with Crippen LogP contribution >= 0.6 is 0 Å². The van der Waals surface area contributed by atoms with Gasteiger partial charge in [-0.05, 0) is 44.9 Å². The number of hydrogen-bond acceptors (Lipinski definition) is 3. The van der Waals surface area contributed by atoms with Crippen LogP contribution in [-0.2, 0) is 4.79 Å². The number of amides is 1. The average molecular weight is 746 g/mol. The number of allylic oxidation sites excluding steroid dienone is 4. The first-order valence-electron chi connectivity index (χ1n) is 24.0. The third-order valence-corrected chi connectivity index (χ3v) is 11.2. The molecule has 0 aliphatic rings. The summed E-state index contributed by atoms with van der Waals surface area (Å²) in [5.41, 5.74) is 0. The van der Waals surface area contributed by atoms with E-state index in [1.165, 1.54) is 205 Å². The molecule has 0 radical (unpaired) electrons. The van der Waals surface area contributed by atoms with Crippen LogP contribution in [0.4, 0.5) is 0 Å². The molecule has 314 valence electrons. The molecular weight excluding hydrogens is 651 g/mol. The Morgan fingerprint density at radius 2 is 0.774 bits per heavy atom. The second-order valence-corrected chi connectivity index (χ2v) is 16.5. The van der Waals surface area contributed by atoms with Crippen LogP contribution in [0.15, 0.2) is 24.3 Å². The van der Waals surface area contributed by atoms with Crippen LogP contribution in [0.1, 0.15) is 264 Å². The Bertz CT molecular complexity index is 765. The van der Waals surface area contributed by atoms with Crippen molar-refractivity contribution in [2.24, 2.45) is 0 Å². The first-order chi connectivity index (χ1) is 26.2. The summed E-state index contributed by atoms with van der Waals surface area (Å²) < 4.78 is 0. The molecule has 0 aliphatic heterocycles. The minimum atomic E-state index is -0.655. The monoisotopic (exact) mass is 746 g/mol. The van der Waals surface area contributed by atoms with Gasteiger partial charge in [0.1, 0.15) is 0 Å². The Balaban J connectivity index is 3.42. The molecule has 2 unspecified atom stereocenters. The van der Waals surface area contributed by atoms with E-state index in [2.05, 4.69) is 43.5 Å². The van der Waals surface area contributed by atoms with E-state index in [9.17, 15) is 15.0 Å². The maximum atomic E-state index is 12.4. The number of nitrogens with one attached hydrogen (secondary N) is 1. The van der Waals surface area contributed by atoms with Crippen molar-refractivity contribution < 1.29 is 15.0 Å². The van der Waals surface area contributed by atoms with Gasteiger partial charge < -0.3 is 15.5 Å². The van der Waals surface area contributed by atoms with E-state index in [-0.39, 0.29) is 12.5 Å². The molecule has 0 fully saturated rings. The molecular formula is C49H95NO3. The highest BCUT2D eigenvalue weighted by Crippen LogP contribution is 2.16. The SMILES string of the molecule is CCCCCCC/C=C\C/C=C\CCCCCCCCCCCCCCCCCCCC(=O)NC(CO)C(O)CCCCCCCCCCCCCC. The number of carbonyl (C=O) groups excluding carboxylic acids is 1. The minimum Gasteiger partial charge on any atom is -0.394 e. The van der Waals surface area contributed by atoms with Gasteiger partial charge in [0, 0.05) is 6.42 Å². The molecule has 0 aromatic carbocycles. The molecule has 0 aliphatic carbocycles. The molecule has 0 aromatic rings. The van der Waals surface area contributed by atoms with E-state index < -0.39 is 12.1 Å². The van der Waals surface area contributed by atoms with E-state index in [0.717, 1.165) is 32.1 Å². The van der Waals surface area contributed by atoms with Crippen LogP contribution in [0, 0.1) is 0 Å². The Hall–Kier alpha value is -1.13. The van der Waals surface area contributed by atoms with Crippen molar-refractivity contribution >= 4 is 5.91 Å². The maximum Gasteiger partial charge on any atom is 0.220 e. The van der Waals surface area contributed by atoms with E-state index >= 15 is 0 Å². The van der Waals surface area contributed by atoms with Crippen molar-refractivity contribution in [3.63, 3.8) is 0 Å². The third kappa shape index (κ3) is 41.9. The molecule has 0 aromatic heterocycles. The molecule has 2 atom stereocenters. The Morgan fingerprint density at radius 3 is 1.13 bits per heavy atom. The zero-order valence-corrected chi connectivity index (χ0v) is 36.1. The maximum absolute atomic E-state index is 12.4. The van der Waals surface area contributed by atoms with Crippen LogP contribution in [0.5, 0.6) is 0 Å². The lowest BCUT2D eigenvalue weighted by Crippen LogP contribution is -2.45. The van der Waals surface area contributed by atoms with Crippen LogP contribution in [-0.4, -0.2) is 34.9 Å². The fourth-order valence-electron chi connectivity index (χ4n) is 7.51. The van der Waals surface area contributed by atoms with E-state index in [4.69, 9.17) is 0 Å². The van der Waals surface area contributed by atoms with Gasteiger partial charge in [-0.25, -0.2) is 0 Å². The summed E-state index contributed by atoms with van der Waals surface area (Å²) in [5, 5.41) is 23.2. The van der Waals surface area contributed by atoms with Gasteiger partial charge in [0.2, 0.25) is 5.91 Å². The number of hydrogen-bond donors (Lipinski definition) is 3. The molecule has 0 heterocycles. The number of unbranched alkanes of at least 4 members (excludes halogenated alkanes) is 33. The third-order valence-electron chi connectivity index (χ3n) is 11.2. The van der Waals surface area contributed by atoms with E-state index in [1.807, 2.05) is 0 Å². The van der Waals surface area contributed by atoms with Crippen LogP contribution in [0.25, 0.3) is 0 Å². The van der Waals surface area contributed by atoms with Gasteiger partial charge in [0.25, 0.3) is 0 Å². The minimum absolute atomic E-state index is 0.0290. The summed E-state index contributed by atoms with van der Waals surface area (Å²) in [5.74, 6) is -0.0290. The Morgan fingerprint density at radius 1 is 0.453 bits per heavy atom. The van der Waals surface area contributed by atoms with Crippen molar-refractivity contribution in [1.82, 2.24) is 5.32 Å². The molecule has 0 saturated carbocycles. The lowest BCUT2D eigenvalue weighted by molar-refractivity contribution is -0.123. The molecule has 0 rings (SSSR count). The lowest BCUT2D eigenvalue weighted by Gasteiger charge is -2.22. The molecule has 0 saturated heterocycles. The number of carbonyl (C=O) groups is 1. The highest BCUT2D eigenvalue weighted by molar-refractivity contribution is 5.76. The predicted octanol–water partition coefficient (Wildman–Crippen LogP) is 15.2. The van der Waals surface area contributed by atoms with Crippen molar-refractivity contribution in [3.8, 4) is 0 Å². The first kappa shape index (κ1) is 51.9. The van der Waals surface area contributed by atoms with Crippen LogP contribution < -0.4 is 5.32 Å². The molecule has 0 spiro atoms. The fourth-order valence-corrected chi connectivity index (χ4v) is 7.51. The topological polar surface area (TPSA) is 69.6 Å². The molecule has 1 amide bonds. The molecule has 53 heavy (non-hydrogen) atoms. The lowest BCUT2D eigenvalue weighted by atomic mass is 10.0. The number of rotatable bonds is 44. The average Bonchev–Trinajstić information content (AvgIpc) is 3.16. The zero-order valence-electron chi connectivity index (χ0n) is 36.1. The summed E-state index contributed by atoms with van der Waals surface area (Å²) in [7, 11) is 0. The Kier molecular flexibility index (Phi) is 44.3. The smallest absolute Gasteiger partial charge is 0.220 e. The predicted molar refractivity (Wildman–Crippen MR) is 235 cm³/mol. The van der Waals surface area contributed by atoms with Gasteiger partial charge in [-0.15, -0.1) is 0 Å². The second kappa shape index (κ2) is 45.3. The van der Waals surface area contributed by atoms with Gasteiger partial charge in [-0.3, -0.25) is 4.79 Å². The Labute approximate surface area is 332 Å². The second-order valence-electron chi connectivity index (χ2n) is 16.5.